The van der Waals surface area contributed by atoms with Crippen LogP contribution in [-0.2, 0) is 0 Å². The number of ether oxygens (including phenoxy) is 1. The van der Waals surface area contributed by atoms with Crippen molar-refractivity contribution in [3.05, 3.63) is 57.5 Å². The summed E-state index contributed by atoms with van der Waals surface area (Å²) in [7, 11) is 0. The zero-order valence-corrected chi connectivity index (χ0v) is 13.4. The van der Waals surface area contributed by atoms with Gasteiger partial charge in [-0.25, -0.2) is 0 Å². The third-order valence-electron chi connectivity index (χ3n) is 2.71. The molecule has 2 aromatic carbocycles. The highest BCUT2D eigenvalue weighted by atomic mass is 79.9. The maximum atomic E-state index is 12.0. The SMILES string of the molecule is Nc1ccc(OCCNC(=O)c2cc(Cl)ccc2Br)cc1. The first-order valence-corrected chi connectivity index (χ1v) is 7.45. The van der Waals surface area contributed by atoms with Gasteiger partial charge in [0, 0.05) is 15.2 Å². The number of halogens is 2. The Labute approximate surface area is 136 Å². The molecule has 4 nitrogen and oxygen atoms in total. The van der Waals surface area contributed by atoms with Crippen LogP contribution in [0.2, 0.25) is 5.02 Å². The third kappa shape index (κ3) is 4.65. The van der Waals surface area contributed by atoms with Crippen molar-refractivity contribution in [2.24, 2.45) is 0 Å². The van der Waals surface area contributed by atoms with E-state index in [1.807, 2.05) is 0 Å². The van der Waals surface area contributed by atoms with Gasteiger partial charge in [-0.15, -0.1) is 0 Å². The number of nitrogens with two attached hydrogens (primary N) is 1. The van der Waals surface area contributed by atoms with Gasteiger partial charge in [0.25, 0.3) is 5.91 Å². The number of hydrogen-bond donors (Lipinski definition) is 2. The molecule has 21 heavy (non-hydrogen) atoms. The number of anilines is 1. The van der Waals surface area contributed by atoms with Gasteiger partial charge in [-0.2, -0.15) is 0 Å². The second-order valence-electron chi connectivity index (χ2n) is 4.30. The molecule has 6 heteroatoms. The van der Waals surface area contributed by atoms with Crippen LogP contribution >= 0.6 is 27.5 Å². The Bertz CT molecular complexity index is 632. The Morgan fingerprint density at radius 1 is 1.24 bits per heavy atom. The van der Waals surface area contributed by atoms with Gasteiger partial charge >= 0.3 is 0 Å². The van der Waals surface area contributed by atoms with E-state index in [4.69, 9.17) is 22.1 Å². The van der Waals surface area contributed by atoms with Crippen LogP contribution in [0.3, 0.4) is 0 Å². The minimum atomic E-state index is -0.203. The minimum absolute atomic E-state index is 0.203. The molecular formula is C15H14BrClN2O2. The van der Waals surface area contributed by atoms with Crippen LogP contribution in [0.4, 0.5) is 5.69 Å². The molecule has 0 bridgehead atoms. The second-order valence-corrected chi connectivity index (χ2v) is 5.59. The van der Waals surface area contributed by atoms with Crippen molar-refractivity contribution >= 4 is 39.1 Å². The predicted octanol–water partition coefficient (Wildman–Crippen LogP) is 3.49. The summed E-state index contributed by atoms with van der Waals surface area (Å²) in [5, 5.41) is 3.29. The van der Waals surface area contributed by atoms with E-state index >= 15 is 0 Å². The number of amides is 1. The van der Waals surface area contributed by atoms with E-state index in [-0.39, 0.29) is 5.91 Å². The monoisotopic (exact) mass is 368 g/mol. The van der Waals surface area contributed by atoms with Crippen LogP contribution < -0.4 is 15.8 Å². The predicted molar refractivity (Wildman–Crippen MR) is 87.8 cm³/mol. The van der Waals surface area contributed by atoms with Crippen LogP contribution in [0.1, 0.15) is 10.4 Å². The molecule has 3 N–H and O–H groups in total. The lowest BCUT2D eigenvalue weighted by atomic mass is 10.2. The first kappa shape index (κ1) is 15.7. The second kappa shape index (κ2) is 7.33. The fraction of sp³-hybridized carbons (Fsp3) is 0.133. The maximum Gasteiger partial charge on any atom is 0.252 e. The highest BCUT2D eigenvalue weighted by Gasteiger charge is 2.09. The average molecular weight is 370 g/mol. The van der Waals surface area contributed by atoms with E-state index < -0.39 is 0 Å². The van der Waals surface area contributed by atoms with Crippen LogP contribution in [0.25, 0.3) is 0 Å². The molecule has 0 fully saturated rings. The summed E-state index contributed by atoms with van der Waals surface area (Å²) >= 11 is 9.20. The molecule has 1 amide bonds. The third-order valence-corrected chi connectivity index (χ3v) is 3.64. The van der Waals surface area contributed by atoms with Gasteiger partial charge < -0.3 is 15.8 Å². The quantitative estimate of drug-likeness (QED) is 0.626. The van der Waals surface area contributed by atoms with Crippen molar-refractivity contribution in [2.45, 2.75) is 0 Å². The number of carbonyl (C=O) groups excluding carboxylic acids is 1. The molecule has 110 valence electrons. The van der Waals surface area contributed by atoms with Gasteiger partial charge in [0.05, 0.1) is 12.1 Å². The molecule has 0 saturated heterocycles. The number of benzene rings is 2. The van der Waals surface area contributed by atoms with Crippen LogP contribution in [0, 0.1) is 0 Å². The lowest BCUT2D eigenvalue weighted by molar-refractivity contribution is 0.0946. The molecule has 2 rings (SSSR count). The van der Waals surface area contributed by atoms with Gasteiger partial charge in [-0.05, 0) is 58.4 Å². The van der Waals surface area contributed by atoms with E-state index in [2.05, 4.69) is 21.2 Å². The van der Waals surface area contributed by atoms with Crippen molar-refractivity contribution in [3.8, 4) is 5.75 Å². The molecule has 0 heterocycles. The van der Waals surface area contributed by atoms with Gasteiger partial charge in [0.2, 0.25) is 0 Å². The molecule has 0 unspecified atom stereocenters. The number of carbonyl (C=O) groups is 1. The summed E-state index contributed by atoms with van der Waals surface area (Å²) in [6, 6.07) is 12.2. The summed E-state index contributed by atoms with van der Waals surface area (Å²) in [6.45, 7) is 0.760. The molecule has 0 atom stereocenters. The molecule has 2 aromatic rings. The van der Waals surface area contributed by atoms with E-state index in [1.54, 1.807) is 42.5 Å². The summed E-state index contributed by atoms with van der Waals surface area (Å²) in [4.78, 5) is 12.0. The Kier molecular flexibility index (Phi) is 5.47. The van der Waals surface area contributed by atoms with E-state index in [9.17, 15) is 4.79 Å². The van der Waals surface area contributed by atoms with Gasteiger partial charge in [0.1, 0.15) is 12.4 Å². The summed E-state index contributed by atoms with van der Waals surface area (Å²) in [6.07, 6.45) is 0. The molecule has 0 aliphatic heterocycles. The first-order chi connectivity index (χ1) is 10.1. The Morgan fingerprint density at radius 3 is 2.67 bits per heavy atom. The molecule has 0 aliphatic rings. The molecule has 0 saturated carbocycles. The van der Waals surface area contributed by atoms with Crippen LogP contribution in [0.5, 0.6) is 5.75 Å². The fourth-order valence-electron chi connectivity index (χ4n) is 1.66. The normalized spacial score (nSPS) is 10.2. The highest BCUT2D eigenvalue weighted by molar-refractivity contribution is 9.10. The summed E-state index contributed by atoms with van der Waals surface area (Å²) in [5.41, 5.74) is 6.76. The first-order valence-electron chi connectivity index (χ1n) is 6.28. The van der Waals surface area contributed by atoms with Gasteiger partial charge in [-0.1, -0.05) is 11.6 Å². The van der Waals surface area contributed by atoms with Crippen molar-refractivity contribution in [1.29, 1.82) is 0 Å². The number of rotatable bonds is 5. The minimum Gasteiger partial charge on any atom is -0.492 e. The lowest BCUT2D eigenvalue weighted by Crippen LogP contribution is -2.28. The lowest BCUT2D eigenvalue weighted by Gasteiger charge is -2.09. The van der Waals surface area contributed by atoms with Crippen molar-refractivity contribution < 1.29 is 9.53 Å². The van der Waals surface area contributed by atoms with E-state index in [1.165, 1.54) is 0 Å². The smallest absolute Gasteiger partial charge is 0.252 e. The number of hydrogen-bond acceptors (Lipinski definition) is 3. The number of nitrogens with one attached hydrogen (secondary N) is 1. The zero-order valence-electron chi connectivity index (χ0n) is 11.1. The van der Waals surface area contributed by atoms with Crippen LogP contribution in [0.15, 0.2) is 46.9 Å². The molecule has 0 aromatic heterocycles. The largest absolute Gasteiger partial charge is 0.492 e. The average Bonchev–Trinajstić information content (AvgIpc) is 2.47. The highest BCUT2D eigenvalue weighted by Crippen LogP contribution is 2.21. The van der Waals surface area contributed by atoms with Crippen molar-refractivity contribution in [2.75, 3.05) is 18.9 Å². The standard InChI is InChI=1S/C15H14BrClN2O2/c16-14-6-1-10(17)9-13(14)15(20)19-7-8-21-12-4-2-11(18)3-5-12/h1-6,9H,7-8,18H2,(H,19,20). The zero-order chi connectivity index (χ0) is 15.2. The van der Waals surface area contributed by atoms with Gasteiger partial charge in [-0.3, -0.25) is 4.79 Å². The maximum absolute atomic E-state index is 12.0. The van der Waals surface area contributed by atoms with Gasteiger partial charge in [0.15, 0.2) is 0 Å². The van der Waals surface area contributed by atoms with Crippen molar-refractivity contribution in [1.82, 2.24) is 5.32 Å². The summed E-state index contributed by atoms with van der Waals surface area (Å²) in [5.74, 6) is 0.507. The molecular weight excluding hydrogens is 356 g/mol. The van der Waals surface area contributed by atoms with E-state index in [0.29, 0.717) is 39.6 Å². The molecule has 0 aliphatic carbocycles. The van der Waals surface area contributed by atoms with Crippen molar-refractivity contribution in [3.63, 3.8) is 0 Å². The molecule has 0 spiro atoms. The Morgan fingerprint density at radius 2 is 1.95 bits per heavy atom. The molecule has 0 radical (unpaired) electrons. The topological polar surface area (TPSA) is 64.3 Å². The fourth-order valence-corrected chi connectivity index (χ4v) is 2.26. The Balaban J connectivity index is 1.81. The van der Waals surface area contributed by atoms with E-state index in [0.717, 1.165) is 0 Å². The Hall–Kier alpha value is -1.72. The summed E-state index contributed by atoms with van der Waals surface area (Å²) < 4.78 is 6.19. The number of nitrogen functional groups attached to an aromatic ring is 1. The van der Waals surface area contributed by atoms with Crippen LogP contribution in [-0.4, -0.2) is 19.1 Å².